The molecule has 4 aliphatic rings. The zero-order valence-corrected chi connectivity index (χ0v) is 25.0. The first-order chi connectivity index (χ1) is 20.4. The normalized spacial score (nSPS) is 18.8. The number of hydrogen-bond acceptors (Lipinski definition) is 8. The van der Waals surface area contributed by atoms with E-state index in [-0.39, 0.29) is 47.0 Å². The maximum Gasteiger partial charge on any atom is 0.350 e. The molecule has 0 radical (unpaired) electrons. The third-order valence-electron chi connectivity index (χ3n) is 7.40. The first kappa shape index (κ1) is 32.8. The predicted molar refractivity (Wildman–Crippen MR) is 162 cm³/mol. The van der Waals surface area contributed by atoms with Gasteiger partial charge in [-0.1, -0.05) is 24.3 Å². The van der Waals surface area contributed by atoms with Crippen LogP contribution in [0.3, 0.4) is 0 Å². The van der Waals surface area contributed by atoms with Crippen LogP contribution in [0, 0.1) is 0 Å². The van der Waals surface area contributed by atoms with Gasteiger partial charge in [-0.3, -0.25) is 9.59 Å². The Labute approximate surface area is 247 Å². The number of ketones is 2. The van der Waals surface area contributed by atoms with Crippen LogP contribution >= 0.6 is 0 Å². The van der Waals surface area contributed by atoms with Crippen LogP contribution in [0.25, 0.3) is 0 Å². The smallest absolute Gasteiger partial charge is 0.350 e. The van der Waals surface area contributed by atoms with Gasteiger partial charge in [0.15, 0.2) is 11.6 Å². The van der Waals surface area contributed by atoms with Crippen LogP contribution in [-0.2, 0) is 12.8 Å². The van der Waals surface area contributed by atoms with E-state index >= 15 is 0 Å². The molecular weight excluding hydrogens is 536 g/mol. The Morgan fingerprint density at radius 1 is 0.500 bits per heavy atom. The molecule has 0 atom stereocenters. The van der Waals surface area contributed by atoms with Crippen molar-refractivity contribution in [3.63, 3.8) is 0 Å². The predicted octanol–water partition coefficient (Wildman–Crippen LogP) is 7.35. The molecule has 42 heavy (non-hydrogen) atoms. The second-order valence-corrected chi connectivity index (χ2v) is 10.7. The van der Waals surface area contributed by atoms with Crippen molar-refractivity contribution in [2.24, 2.45) is 0 Å². The van der Waals surface area contributed by atoms with Crippen molar-refractivity contribution in [2.75, 3.05) is 14.2 Å². The third kappa shape index (κ3) is 10.3. The number of Topliss-reactive ketones (excluding diaryl/α,β-unsaturated/α-hetero) is 2. The van der Waals surface area contributed by atoms with Crippen LogP contribution in [0.1, 0.15) is 122 Å². The summed E-state index contributed by atoms with van der Waals surface area (Å²) in [6.07, 6.45) is 20.1. The Balaban J connectivity index is 1.63. The Hall–Kier alpha value is -3.68. The van der Waals surface area contributed by atoms with Gasteiger partial charge < -0.3 is 18.3 Å². The lowest BCUT2D eigenvalue weighted by Gasteiger charge is -2.09. The molecule has 4 bridgehead atoms. The second-order valence-electron chi connectivity index (χ2n) is 10.7. The number of allylic oxidation sites excluding steroid dienone is 4. The number of ether oxygens (including phenoxy) is 2. The summed E-state index contributed by atoms with van der Waals surface area (Å²) >= 11 is 0. The average Bonchev–Trinajstić information content (AvgIpc) is 2.97. The van der Waals surface area contributed by atoms with Crippen molar-refractivity contribution in [3.05, 3.63) is 79.9 Å². The highest BCUT2D eigenvalue weighted by Crippen LogP contribution is 2.22. The molecule has 5 heterocycles. The van der Waals surface area contributed by atoms with Gasteiger partial charge in [0, 0.05) is 37.8 Å². The quantitative estimate of drug-likeness (QED) is 0.339. The number of methoxy groups -OCH3 is 2. The summed E-state index contributed by atoms with van der Waals surface area (Å²) in [5, 5.41) is 0. The van der Waals surface area contributed by atoms with E-state index in [0.717, 1.165) is 64.2 Å². The average molecular weight is 581 g/mol. The van der Waals surface area contributed by atoms with Crippen molar-refractivity contribution in [3.8, 4) is 11.5 Å². The maximum atomic E-state index is 12.8. The molecule has 0 saturated heterocycles. The fourth-order valence-electron chi connectivity index (χ4n) is 5.05. The van der Waals surface area contributed by atoms with Gasteiger partial charge in [0.2, 0.25) is 0 Å². The molecule has 2 aromatic rings. The van der Waals surface area contributed by atoms with Crippen LogP contribution in [0.5, 0.6) is 11.5 Å². The van der Waals surface area contributed by atoms with Crippen LogP contribution < -0.4 is 20.7 Å². The molecular formula is C34H44O8. The lowest BCUT2D eigenvalue weighted by atomic mass is 10.0. The lowest BCUT2D eigenvalue weighted by molar-refractivity contribution is 0.0963. The molecule has 2 aromatic heterocycles. The molecule has 0 fully saturated rings. The number of hydrogen-bond donors (Lipinski definition) is 0. The summed E-state index contributed by atoms with van der Waals surface area (Å²) < 4.78 is 21.7. The molecule has 1 aliphatic carbocycles. The minimum absolute atomic E-state index is 0.00387. The molecule has 6 rings (SSSR count). The van der Waals surface area contributed by atoms with Crippen LogP contribution in [-0.4, -0.2) is 25.8 Å². The maximum absolute atomic E-state index is 12.8. The summed E-state index contributed by atoms with van der Waals surface area (Å²) in [4.78, 5) is 50.8. The van der Waals surface area contributed by atoms with E-state index in [4.69, 9.17) is 18.3 Å². The molecule has 8 heteroatoms. The minimum Gasteiger partial charge on any atom is -0.496 e. The highest BCUT2D eigenvalue weighted by Gasteiger charge is 2.21. The van der Waals surface area contributed by atoms with E-state index in [1.807, 2.05) is 0 Å². The van der Waals surface area contributed by atoms with E-state index in [0.29, 0.717) is 37.2 Å². The van der Waals surface area contributed by atoms with E-state index in [1.165, 1.54) is 14.2 Å². The Bertz CT molecular complexity index is 1240. The SMILES string of the molecule is COc1cc2oc(=O)c1C(=O)CCCC/C=C\CCCCc1cc(OC)c(c(=O)o1)C(=O)CCCC/C=C\CCCC2. The van der Waals surface area contributed by atoms with Gasteiger partial charge in [-0.25, -0.2) is 9.59 Å². The largest absolute Gasteiger partial charge is 0.496 e. The van der Waals surface area contributed by atoms with Gasteiger partial charge in [0.1, 0.15) is 34.1 Å². The first-order valence-electron chi connectivity index (χ1n) is 15.2. The molecule has 0 N–H and O–H groups in total. The molecule has 3 aliphatic heterocycles. The Kier molecular flexibility index (Phi) is 14.1. The van der Waals surface area contributed by atoms with Gasteiger partial charge in [0.25, 0.3) is 0 Å². The van der Waals surface area contributed by atoms with E-state index in [9.17, 15) is 19.2 Å². The van der Waals surface area contributed by atoms with Crippen molar-refractivity contribution < 1.29 is 27.9 Å². The van der Waals surface area contributed by atoms with Crippen molar-refractivity contribution in [1.82, 2.24) is 0 Å². The topological polar surface area (TPSA) is 113 Å². The van der Waals surface area contributed by atoms with E-state index in [1.54, 1.807) is 12.1 Å². The van der Waals surface area contributed by atoms with Gasteiger partial charge in [-0.2, -0.15) is 0 Å². The highest BCUT2D eigenvalue weighted by atomic mass is 16.5. The monoisotopic (exact) mass is 580 g/mol. The zero-order chi connectivity index (χ0) is 30.2. The fourth-order valence-corrected chi connectivity index (χ4v) is 5.05. The second kappa shape index (κ2) is 18.0. The van der Waals surface area contributed by atoms with Gasteiger partial charge in [-0.15, -0.1) is 0 Å². The number of rotatable bonds is 2. The number of carbonyl (C=O) groups is 2. The fraction of sp³-hybridized carbons (Fsp3) is 0.529. The minimum atomic E-state index is -0.624. The van der Waals surface area contributed by atoms with Crippen LogP contribution in [0.15, 0.2) is 54.9 Å². The molecule has 8 nitrogen and oxygen atoms in total. The van der Waals surface area contributed by atoms with Crippen LogP contribution in [0.2, 0.25) is 0 Å². The summed E-state index contributed by atoms with van der Waals surface area (Å²) in [5.74, 6) is 1.12. The summed E-state index contributed by atoms with van der Waals surface area (Å²) in [6.45, 7) is 0. The molecule has 0 unspecified atom stereocenters. The van der Waals surface area contributed by atoms with E-state index in [2.05, 4.69) is 24.3 Å². The summed E-state index contributed by atoms with van der Waals surface area (Å²) in [5.41, 5.74) is -1.24. The van der Waals surface area contributed by atoms with Gasteiger partial charge >= 0.3 is 11.3 Å². The standard InChI is InChI=1S/C34H44O8/c1-39-29-23-25-19-15-11-7-3-6-10-14-18-22-28(36)32-30(40-2)24-26(42-34(32)38)20-16-12-8-4-5-9-13-17-21-27(35)31(29)33(37)41-25/h3-6,23-24H,7-22H2,1-2H3/b5-4-,6-3-. The molecule has 0 spiro atoms. The zero-order valence-electron chi connectivity index (χ0n) is 25.0. The first-order valence-corrected chi connectivity index (χ1v) is 15.2. The van der Waals surface area contributed by atoms with Crippen LogP contribution in [0.4, 0.5) is 0 Å². The van der Waals surface area contributed by atoms with Gasteiger partial charge in [0.05, 0.1) is 14.2 Å². The third-order valence-corrected chi connectivity index (χ3v) is 7.40. The lowest BCUT2D eigenvalue weighted by Crippen LogP contribution is -2.17. The number of carbonyl (C=O) groups excluding carboxylic acids is 2. The molecule has 228 valence electrons. The van der Waals surface area contributed by atoms with Crippen molar-refractivity contribution in [1.29, 1.82) is 0 Å². The van der Waals surface area contributed by atoms with Gasteiger partial charge in [-0.05, 0) is 77.0 Å². The highest BCUT2D eigenvalue weighted by molar-refractivity contribution is 5.98. The number of aryl methyl sites for hydroxylation is 2. The molecule has 0 saturated carbocycles. The Morgan fingerprint density at radius 3 is 1.17 bits per heavy atom. The molecule has 0 aromatic carbocycles. The van der Waals surface area contributed by atoms with Crippen molar-refractivity contribution >= 4 is 11.6 Å². The Morgan fingerprint density at radius 2 is 0.833 bits per heavy atom. The van der Waals surface area contributed by atoms with E-state index < -0.39 is 11.3 Å². The summed E-state index contributed by atoms with van der Waals surface area (Å²) in [6, 6.07) is 3.34. The molecule has 0 amide bonds. The van der Waals surface area contributed by atoms with Crippen molar-refractivity contribution in [2.45, 2.75) is 103 Å². The summed E-state index contributed by atoms with van der Waals surface area (Å²) in [7, 11) is 2.93.